The van der Waals surface area contributed by atoms with Crippen LogP contribution in [0.3, 0.4) is 0 Å². The minimum Gasteiger partial charge on any atom is -0.497 e. The predicted molar refractivity (Wildman–Crippen MR) is 73.4 cm³/mol. The van der Waals surface area contributed by atoms with Crippen molar-refractivity contribution in [3.63, 3.8) is 0 Å². The molecule has 0 fully saturated rings. The average molecular weight is 249 g/mol. The van der Waals surface area contributed by atoms with Crippen molar-refractivity contribution in [1.82, 2.24) is 5.32 Å². The molecule has 0 saturated heterocycles. The summed E-state index contributed by atoms with van der Waals surface area (Å²) in [4.78, 5) is 0. The maximum absolute atomic E-state index is 5.49. The van der Waals surface area contributed by atoms with E-state index in [-0.39, 0.29) is 0 Å². The molecule has 0 aromatic heterocycles. The molecule has 2 rings (SSSR count). The van der Waals surface area contributed by atoms with Gasteiger partial charge in [0.25, 0.3) is 0 Å². The summed E-state index contributed by atoms with van der Waals surface area (Å²) < 4.78 is 10.9. The van der Waals surface area contributed by atoms with Gasteiger partial charge in [0.15, 0.2) is 0 Å². The zero-order chi connectivity index (χ0) is 13.1. The summed E-state index contributed by atoms with van der Waals surface area (Å²) in [5.41, 5.74) is 2.67. The van der Waals surface area contributed by atoms with Gasteiger partial charge < -0.3 is 14.8 Å². The van der Waals surface area contributed by atoms with E-state index in [1.54, 1.807) is 14.2 Å². The van der Waals surface area contributed by atoms with Crippen molar-refractivity contribution in [2.24, 2.45) is 5.92 Å². The van der Waals surface area contributed by atoms with Gasteiger partial charge in [0.2, 0.25) is 0 Å². The van der Waals surface area contributed by atoms with Crippen LogP contribution in [0.4, 0.5) is 0 Å². The highest BCUT2D eigenvalue weighted by molar-refractivity contribution is 5.51. The number of benzene rings is 1. The number of hydrogen-bond donors (Lipinski definition) is 1. The molecule has 2 atom stereocenters. The molecule has 0 saturated carbocycles. The van der Waals surface area contributed by atoms with Crippen molar-refractivity contribution in [2.45, 2.75) is 32.7 Å². The standard InChI is InChI=1S/C15H23NO2/c1-5-6-16-15-10(2)7-12-13(15)8-11(17-3)9-14(12)18-4/h8-10,15-16H,5-7H2,1-4H3. The van der Waals surface area contributed by atoms with Crippen molar-refractivity contribution >= 4 is 0 Å². The van der Waals surface area contributed by atoms with Gasteiger partial charge in [-0.25, -0.2) is 0 Å². The third-order valence-electron chi connectivity index (χ3n) is 3.72. The number of rotatable bonds is 5. The van der Waals surface area contributed by atoms with Gasteiger partial charge in [-0.1, -0.05) is 13.8 Å². The van der Waals surface area contributed by atoms with Gasteiger partial charge in [0.05, 0.1) is 14.2 Å². The molecule has 3 heteroatoms. The lowest BCUT2D eigenvalue weighted by atomic mass is 10.0. The molecule has 2 unspecified atom stereocenters. The Hall–Kier alpha value is -1.22. The first kappa shape index (κ1) is 13.2. The van der Waals surface area contributed by atoms with Crippen molar-refractivity contribution < 1.29 is 9.47 Å². The Labute approximate surface area is 109 Å². The molecule has 3 nitrogen and oxygen atoms in total. The Kier molecular flexibility index (Phi) is 4.12. The number of fused-ring (bicyclic) bond motifs is 1. The van der Waals surface area contributed by atoms with Crippen molar-refractivity contribution in [1.29, 1.82) is 0 Å². The van der Waals surface area contributed by atoms with E-state index in [1.807, 2.05) is 6.07 Å². The van der Waals surface area contributed by atoms with Crippen LogP contribution in [0.2, 0.25) is 0 Å². The predicted octanol–water partition coefficient (Wildman–Crippen LogP) is 2.94. The second-order valence-electron chi connectivity index (χ2n) is 5.01. The van der Waals surface area contributed by atoms with E-state index in [2.05, 4.69) is 25.2 Å². The van der Waals surface area contributed by atoms with E-state index < -0.39 is 0 Å². The minimum absolute atomic E-state index is 0.420. The number of nitrogens with one attached hydrogen (secondary N) is 1. The van der Waals surface area contributed by atoms with Gasteiger partial charge in [-0.05, 0) is 42.5 Å². The largest absolute Gasteiger partial charge is 0.497 e. The van der Waals surface area contributed by atoms with Crippen LogP contribution < -0.4 is 14.8 Å². The van der Waals surface area contributed by atoms with Crippen LogP contribution in [0.15, 0.2) is 12.1 Å². The first-order chi connectivity index (χ1) is 8.71. The average Bonchev–Trinajstić information content (AvgIpc) is 2.71. The lowest BCUT2D eigenvalue weighted by molar-refractivity contribution is 0.391. The topological polar surface area (TPSA) is 30.5 Å². The highest BCUT2D eigenvalue weighted by Gasteiger charge is 2.31. The molecule has 1 aromatic rings. The zero-order valence-corrected chi connectivity index (χ0v) is 11.7. The van der Waals surface area contributed by atoms with Gasteiger partial charge in [0, 0.05) is 12.1 Å². The van der Waals surface area contributed by atoms with Crippen molar-refractivity contribution in [3.05, 3.63) is 23.3 Å². The fourth-order valence-corrected chi connectivity index (χ4v) is 2.79. The Morgan fingerprint density at radius 1 is 1.28 bits per heavy atom. The smallest absolute Gasteiger partial charge is 0.126 e. The highest BCUT2D eigenvalue weighted by atomic mass is 16.5. The van der Waals surface area contributed by atoms with Crippen LogP contribution in [0, 0.1) is 5.92 Å². The van der Waals surface area contributed by atoms with Gasteiger partial charge in [-0.2, -0.15) is 0 Å². The van der Waals surface area contributed by atoms with Crippen molar-refractivity contribution in [3.8, 4) is 11.5 Å². The van der Waals surface area contributed by atoms with Crippen LogP contribution in [0.25, 0.3) is 0 Å². The minimum atomic E-state index is 0.420. The SMILES string of the molecule is CCCNC1c2cc(OC)cc(OC)c2CC1C. The van der Waals surface area contributed by atoms with E-state index in [0.717, 1.165) is 30.9 Å². The Balaban J connectivity index is 2.36. The molecule has 0 spiro atoms. The maximum Gasteiger partial charge on any atom is 0.126 e. The molecule has 1 aromatic carbocycles. The first-order valence-corrected chi connectivity index (χ1v) is 6.69. The number of methoxy groups -OCH3 is 2. The van der Waals surface area contributed by atoms with Crippen LogP contribution in [0.1, 0.15) is 37.4 Å². The van der Waals surface area contributed by atoms with E-state index in [0.29, 0.717) is 12.0 Å². The molecule has 18 heavy (non-hydrogen) atoms. The van der Waals surface area contributed by atoms with Crippen molar-refractivity contribution in [2.75, 3.05) is 20.8 Å². The molecule has 0 radical (unpaired) electrons. The van der Waals surface area contributed by atoms with Crippen LogP contribution in [0.5, 0.6) is 11.5 Å². The summed E-state index contributed by atoms with van der Waals surface area (Å²) in [5.74, 6) is 2.44. The lowest BCUT2D eigenvalue weighted by Gasteiger charge is -2.19. The van der Waals surface area contributed by atoms with Gasteiger partial charge in [-0.15, -0.1) is 0 Å². The van der Waals surface area contributed by atoms with E-state index in [4.69, 9.17) is 9.47 Å². The summed E-state index contributed by atoms with van der Waals surface area (Å²) >= 11 is 0. The Morgan fingerprint density at radius 3 is 2.67 bits per heavy atom. The Morgan fingerprint density at radius 2 is 2.06 bits per heavy atom. The molecule has 0 amide bonds. The summed E-state index contributed by atoms with van der Waals surface area (Å²) in [6.07, 6.45) is 2.23. The zero-order valence-electron chi connectivity index (χ0n) is 11.7. The number of hydrogen-bond acceptors (Lipinski definition) is 3. The molecule has 0 heterocycles. The van der Waals surface area contributed by atoms with E-state index >= 15 is 0 Å². The summed E-state index contributed by atoms with van der Waals surface area (Å²) in [6.45, 7) is 5.53. The monoisotopic (exact) mass is 249 g/mol. The van der Waals surface area contributed by atoms with Gasteiger partial charge >= 0.3 is 0 Å². The molecular weight excluding hydrogens is 226 g/mol. The quantitative estimate of drug-likeness (QED) is 0.870. The molecule has 1 N–H and O–H groups in total. The van der Waals surface area contributed by atoms with E-state index in [9.17, 15) is 0 Å². The Bertz CT molecular complexity index is 417. The summed E-state index contributed by atoms with van der Waals surface area (Å²) in [6, 6.07) is 4.55. The molecular formula is C15H23NO2. The maximum atomic E-state index is 5.49. The molecule has 0 aliphatic heterocycles. The fraction of sp³-hybridized carbons (Fsp3) is 0.600. The number of ether oxygens (including phenoxy) is 2. The first-order valence-electron chi connectivity index (χ1n) is 6.69. The normalized spacial score (nSPS) is 21.8. The highest BCUT2D eigenvalue weighted by Crippen LogP contribution is 2.42. The van der Waals surface area contributed by atoms with E-state index in [1.165, 1.54) is 11.1 Å². The molecule has 100 valence electrons. The fourth-order valence-electron chi connectivity index (χ4n) is 2.79. The molecule has 1 aliphatic carbocycles. The molecule has 0 bridgehead atoms. The third kappa shape index (κ3) is 2.32. The van der Waals surface area contributed by atoms with Crippen LogP contribution in [-0.4, -0.2) is 20.8 Å². The van der Waals surface area contributed by atoms with Gasteiger partial charge in [-0.3, -0.25) is 0 Å². The summed E-state index contributed by atoms with van der Waals surface area (Å²) in [5, 5.41) is 3.63. The van der Waals surface area contributed by atoms with Gasteiger partial charge in [0.1, 0.15) is 11.5 Å². The van der Waals surface area contributed by atoms with Crippen LogP contribution >= 0.6 is 0 Å². The molecule has 1 aliphatic rings. The summed E-state index contributed by atoms with van der Waals surface area (Å²) in [7, 11) is 3.43. The second kappa shape index (κ2) is 5.61. The lowest BCUT2D eigenvalue weighted by Crippen LogP contribution is -2.24. The third-order valence-corrected chi connectivity index (χ3v) is 3.72. The van der Waals surface area contributed by atoms with Crippen LogP contribution in [-0.2, 0) is 6.42 Å². The second-order valence-corrected chi connectivity index (χ2v) is 5.01.